The number of carbonyl (C=O) groups excluding carboxylic acids is 1. The van der Waals surface area contributed by atoms with Crippen LogP contribution in [0.3, 0.4) is 0 Å². The maximum Gasteiger partial charge on any atom is 0.317 e. The molecule has 1 heterocycles. The Morgan fingerprint density at radius 3 is 2.94 bits per heavy atom. The van der Waals surface area contributed by atoms with E-state index in [0.717, 1.165) is 10.5 Å². The van der Waals surface area contributed by atoms with Gasteiger partial charge in [-0.25, -0.2) is 4.79 Å². The molecule has 0 atom stereocenters. The van der Waals surface area contributed by atoms with E-state index in [0.29, 0.717) is 6.61 Å². The number of nitrogens with one attached hydrogen (secondary N) is 1. The number of nitrogens with zero attached hydrogens (tertiary/aromatic N) is 1. The monoisotopic (exact) mass is 224 g/mol. The van der Waals surface area contributed by atoms with Gasteiger partial charge in [-0.05, 0) is 5.56 Å². The number of hydrogen-bond acceptors (Lipinski definition) is 2. The lowest BCUT2D eigenvalue weighted by Crippen LogP contribution is -2.31. The second-order valence-corrected chi connectivity index (χ2v) is 3.36. The first-order valence-electron chi connectivity index (χ1n) is 7.06. The molecule has 0 aliphatic carbocycles. The van der Waals surface area contributed by atoms with E-state index < -0.39 is 19.0 Å². The Hall–Kier alpha value is -1.55. The highest BCUT2D eigenvalue weighted by Crippen LogP contribution is 2.01. The molecule has 0 bridgehead atoms. The third kappa shape index (κ3) is 2.97. The van der Waals surface area contributed by atoms with Gasteiger partial charge in [-0.3, -0.25) is 0 Å². The van der Waals surface area contributed by atoms with E-state index in [-0.39, 0.29) is 13.2 Å². The van der Waals surface area contributed by atoms with Crippen LogP contribution in [0.5, 0.6) is 0 Å². The third-order valence-electron chi connectivity index (χ3n) is 2.18. The van der Waals surface area contributed by atoms with Crippen LogP contribution in [0.4, 0.5) is 4.79 Å². The maximum atomic E-state index is 11.5. The van der Waals surface area contributed by atoms with Gasteiger partial charge in [0, 0.05) is 19.5 Å². The first-order chi connectivity index (χ1) is 9.34. The largest absolute Gasteiger partial charge is 0.375 e. The zero-order chi connectivity index (χ0) is 14.8. The van der Waals surface area contributed by atoms with Gasteiger partial charge in [0.25, 0.3) is 0 Å². The van der Waals surface area contributed by atoms with Crippen LogP contribution >= 0.6 is 0 Å². The van der Waals surface area contributed by atoms with Gasteiger partial charge < -0.3 is 15.0 Å². The van der Waals surface area contributed by atoms with Gasteiger partial charge in [0.1, 0.15) is 0 Å². The van der Waals surface area contributed by atoms with Crippen LogP contribution in [0.2, 0.25) is 0 Å². The molecule has 2 amide bonds. The minimum atomic E-state index is -2.40. The zero-order valence-corrected chi connectivity index (χ0v) is 8.77. The van der Waals surface area contributed by atoms with Crippen molar-refractivity contribution in [1.29, 1.82) is 0 Å². The summed E-state index contributed by atoms with van der Waals surface area (Å²) in [4.78, 5) is 12.4. The number of hydrogen-bond donors (Lipinski definition) is 1. The van der Waals surface area contributed by atoms with Crippen molar-refractivity contribution in [1.82, 2.24) is 10.2 Å². The number of amides is 2. The Morgan fingerprint density at radius 2 is 2.25 bits per heavy atom. The van der Waals surface area contributed by atoms with Gasteiger partial charge in [0.05, 0.1) is 18.7 Å². The van der Waals surface area contributed by atoms with Gasteiger partial charge in [-0.15, -0.1) is 0 Å². The summed E-state index contributed by atoms with van der Waals surface area (Å²) < 4.78 is 35.6. The van der Waals surface area contributed by atoms with Crippen LogP contribution < -0.4 is 5.32 Å². The molecular formula is C12H16N2O2. The van der Waals surface area contributed by atoms with E-state index in [9.17, 15) is 4.79 Å². The molecular weight excluding hydrogens is 204 g/mol. The molecule has 16 heavy (non-hydrogen) atoms. The summed E-state index contributed by atoms with van der Waals surface area (Å²) in [5, 5.41) is 1.98. The molecule has 1 aromatic carbocycles. The standard InChI is InChI=1S/C12H16N2O2/c15-12-13-6-7-14(12)8-9-16-10-11-4-2-1-3-5-11/h1-5H,6-10H2,(H,13,15)/i6D2,7D2. The first kappa shape index (κ1) is 6.91. The molecule has 0 spiro atoms. The van der Waals surface area contributed by atoms with Crippen LogP contribution in [0.15, 0.2) is 30.3 Å². The van der Waals surface area contributed by atoms with Gasteiger partial charge in [-0.1, -0.05) is 30.3 Å². The number of carbonyl (C=O) groups is 1. The number of ether oxygens (including phenoxy) is 1. The molecule has 4 nitrogen and oxygen atoms in total. The van der Waals surface area contributed by atoms with Crippen molar-refractivity contribution in [2.75, 3.05) is 26.1 Å². The fourth-order valence-electron chi connectivity index (χ4n) is 1.34. The predicted molar refractivity (Wildman–Crippen MR) is 61.1 cm³/mol. The van der Waals surface area contributed by atoms with Crippen LogP contribution in [0.1, 0.15) is 11.0 Å². The molecule has 1 fully saturated rings. The van der Waals surface area contributed by atoms with Crippen molar-refractivity contribution in [3.8, 4) is 0 Å². The average Bonchev–Trinajstić information content (AvgIpc) is 2.53. The quantitative estimate of drug-likeness (QED) is 0.764. The van der Waals surface area contributed by atoms with Crippen molar-refractivity contribution < 1.29 is 15.0 Å². The van der Waals surface area contributed by atoms with Crippen molar-refractivity contribution in [2.24, 2.45) is 0 Å². The van der Waals surface area contributed by atoms with Crippen molar-refractivity contribution >= 4 is 6.03 Å². The fraction of sp³-hybridized carbons (Fsp3) is 0.417. The topological polar surface area (TPSA) is 41.6 Å². The Kier molecular flexibility index (Phi) is 2.38. The van der Waals surface area contributed by atoms with Crippen LogP contribution in [0.25, 0.3) is 0 Å². The molecule has 4 heteroatoms. The highest BCUT2D eigenvalue weighted by Gasteiger charge is 2.18. The lowest BCUT2D eigenvalue weighted by atomic mass is 10.2. The molecule has 0 aromatic heterocycles. The van der Waals surface area contributed by atoms with Gasteiger partial charge >= 0.3 is 6.03 Å². The second-order valence-electron chi connectivity index (χ2n) is 3.36. The fourth-order valence-corrected chi connectivity index (χ4v) is 1.34. The van der Waals surface area contributed by atoms with E-state index in [1.165, 1.54) is 0 Å². The molecule has 1 N–H and O–H groups in total. The number of rotatable bonds is 5. The molecule has 1 saturated heterocycles. The van der Waals surface area contributed by atoms with Crippen molar-refractivity contribution in [2.45, 2.75) is 6.61 Å². The van der Waals surface area contributed by atoms with Crippen molar-refractivity contribution in [3.05, 3.63) is 35.9 Å². The lowest BCUT2D eigenvalue weighted by molar-refractivity contribution is 0.104. The molecule has 86 valence electrons. The molecule has 0 radical (unpaired) electrons. The van der Waals surface area contributed by atoms with Crippen LogP contribution in [-0.4, -0.2) is 37.1 Å². The summed E-state index contributed by atoms with van der Waals surface area (Å²) in [6.45, 7) is -4.29. The van der Waals surface area contributed by atoms with Gasteiger partial charge in [-0.2, -0.15) is 0 Å². The molecule has 1 aliphatic rings. The van der Waals surface area contributed by atoms with Crippen molar-refractivity contribution in [3.63, 3.8) is 0 Å². The SMILES string of the molecule is [2H]C1([2H])NC(=O)N(CCOCc2ccccc2)C1([2H])[2H]. The highest BCUT2D eigenvalue weighted by molar-refractivity contribution is 5.76. The van der Waals surface area contributed by atoms with E-state index >= 15 is 0 Å². The Balaban J connectivity index is 1.84. The Labute approximate surface area is 101 Å². The normalized spacial score (nSPS) is 25.2. The summed E-state index contributed by atoms with van der Waals surface area (Å²) in [5.41, 5.74) is 0.983. The average molecular weight is 224 g/mol. The minimum absolute atomic E-state index is 0.00875. The summed E-state index contributed by atoms with van der Waals surface area (Å²) in [6.07, 6.45) is 0. The number of benzene rings is 1. The maximum absolute atomic E-state index is 11.5. The molecule has 1 aliphatic heterocycles. The summed E-state index contributed by atoms with van der Waals surface area (Å²) in [5.74, 6) is 0. The smallest absolute Gasteiger partial charge is 0.317 e. The first-order valence-corrected chi connectivity index (χ1v) is 5.06. The summed E-state index contributed by atoms with van der Waals surface area (Å²) >= 11 is 0. The van der Waals surface area contributed by atoms with Gasteiger partial charge in [0.15, 0.2) is 0 Å². The van der Waals surface area contributed by atoms with Crippen LogP contribution in [-0.2, 0) is 11.3 Å². The Morgan fingerprint density at radius 1 is 1.44 bits per heavy atom. The van der Waals surface area contributed by atoms with E-state index in [1.54, 1.807) is 0 Å². The van der Waals surface area contributed by atoms with Gasteiger partial charge in [0.2, 0.25) is 0 Å². The summed E-state index contributed by atoms with van der Waals surface area (Å²) in [6, 6.07) is 8.72. The van der Waals surface area contributed by atoms with E-state index in [2.05, 4.69) is 0 Å². The molecule has 0 unspecified atom stereocenters. The second kappa shape index (κ2) is 5.51. The Bertz CT molecular complexity index is 482. The predicted octanol–water partition coefficient (Wildman–Crippen LogP) is 1.23. The zero-order valence-electron chi connectivity index (χ0n) is 12.8. The molecule has 2 rings (SSSR count). The highest BCUT2D eigenvalue weighted by atomic mass is 16.5. The minimum Gasteiger partial charge on any atom is -0.375 e. The molecule has 0 saturated carbocycles. The van der Waals surface area contributed by atoms with E-state index in [4.69, 9.17) is 10.2 Å². The molecule has 1 aromatic rings. The lowest BCUT2D eigenvalue weighted by Gasteiger charge is -2.13. The number of urea groups is 1. The third-order valence-corrected chi connectivity index (χ3v) is 2.18. The van der Waals surface area contributed by atoms with E-state index in [1.807, 2.05) is 35.6 Å². The summed E-state index contributed by atoms with van der Waals surface area (Å²) in [7, 11) is 0. The van der Waals surface area contributed by atoms with Crippen LogP contribution in [0, 0.1) is 0 Å².